The first-order valence-electron chi connectivity index (χ1n) is 9.56. The molecule has 2 heterocycles. The zero-order valence-corrected chi connectivity index (χ0v) is 16.0. The van der Waals surface area contributed by atoms with Crippen LogP contribution in [-0.4, -0.2) is 30.0 Å². The lowest BCUT2D eigenvalue weighted by atomic mass is 10.1. The van der Waals surface area contributed by atoms with E-state index in [1.807, 2.05) is 30.3 Å². The summed E-state index contributed by atoms with van der Waals surface area (Å²) in [6.45, 7) is 4.52. The largest absolute Gasteiger partial charge is 0.466 e. The zero-order valence-electron chi connectivity index (χ0n) is 16.0. The molecule has 0 bridgehead atoms. The fourth-order valence-corrected chi connectivity index (χ4v) is 3.47. The third kappa shape index (κ3) is 3.38. The lowest BCUT2D eigenvalue weighted by Crippen LogP contribution is -2.26. The maximum Gasteiger partial charge on any atom is 0.311 e. The lowest BCUT2D eigenvalue weighted by Gasteiger charge is -2.16. The molecule has 1 fully saturated rings. The van der Waals surface area contributed by atoms with Crippen LogP contribution in [0.3, 0.4) is 0 Å². The number of carbonyl (C=O) groups excluding carboxylic acids is 2. The number of carbonyl (C=O) groups is 2. The molecule has 1 unspecified atom stereocenters. The van der Waals surface area contributed by atoms with Gasteiger partial charge in [0.1, 0.15) is 5.52 Å². The van der Waals surface area contributed by atoms with Crippen LogP contribution in [0.2, 0.25) is 0 Å². The van der Waals surface area contributed by atoms with Crippen LogP contribution in [-0.2, 0) is 20.7 Å². The molecule has 1 saturated heterocycles. The first kappa shape index (κ1) is 18.2. The number of benzene rings is 2. The summed E-state index contributed by atoms with van der Waals surface area (Å²) < 4.78 is 10.9. The molecule has 6 nitrogen and oxygen atoms in total. The van der Waals surface area contributed by atoms with Crippen molar-refractivity contribution < 1.29 is 18.7 Å². The predicted molar refractivity (Wildman–Crippen MR) is 106 cm³/mol. The molecule has 6 heteroatoms. The van der Waals surface area contributed by atoms with Crippen LogP contribution >= 0.6 is 0 Å². The van der Waals surface area contributed by atoms with E-state index in [1.165, 1.54) is 5.56 Å². The number of hydrogen-bond acceptors (Lipinski definition) is 5. The minimum Gasteiger partial charge on any atom is -0.466 e. The van der Waals surface area contributed by atoms with E-state index in [0.717, 1.165) is 12.0 Å². The van der Waals surface area contributed by atoms with Crippen LogP contribution in [0.5, 0.6) is 0 Å². The highest BCUT2D eigenvalue weighted by Crippen LogP contribution is 2.31. The molecule has 1 aromatic heterocycles. The second kappa shape index (κ2) is 7.46. The minimum atomic E-state index is -0.423. The molecule has 4 rings (SSSR count). The molecule has 1 amide bonds. The van der Waals surface area contributed by atoms with E-state index in [4.69, 9.17) is 9.15 Å². The number of nitrogens with zero attached hydrogens (tertiary/aromatic N) is 2. The van der Waals surface area contributed by atoms with Crippen molar-refractivity contribution >= 4 is 28.7 Å². The van der Waals surface area contributed by atoms with Gasteiger partial charge in [-0.1, -0.05) is 19.1 Å². The Labute approximate surface area is 163 Å². The Morgan fingerprint density at radius 1 is 1.21 bits per heavy atom. The van der Waals surface area contributed by atoms with Crippen LogP contribution < -0.4 is 4.90 Å². The number of aryl methyl sites for hydroxylation is 1. The molecule has 0 N–H and O–H groups in total. The fraction of sp³-hybridized carbons (Fsp3) is 0.318. The van der Waals surface area contributed by atoms with E-state index in [0.29, 0.717) is 35.8 Å². The van der Waals surface area contributed by atoms with Gasteiger partial charge in [-0.2, -0.15) is 0 Å². The maximum absolute atomic E-state index is 12.4. The number of aromatic nitrogens is 1. The van der Waals surface area contributed by atoms with Gasteiger partial charge in [-0.15, -0.1) is 0 Å². The monoisotopic (exact) mass is 378 g/mol. The van der Waals surface area contributed by atoms with Gasteiger partial charge in [0.2, 0.25) is 11.8 Å². The molecule has 0 spiro atoms. The summed E-state index contributed by atoms with van der Waals surface area (Å²) in [5.41, 5.74) is 4.22. The quantitative estimate of drug-likeness (QED) is 0.628. The van der Waals surface area contributed by atoms with E-state index in [-0.39, 0.29) is 18.3 Å². The van der Waals surface area contributed by atoms with E-state index < -0.39 is 5.92 Å². The molecule has 0 aliphatic carbocycles. The summed E-state index contributed by atoms with van der Waals surface area (Å²) in [7, 11) is 0. The maximum atomic E-state index is 12.4. The van der Waals surface area contributed by atoms with Crippen LogP contribution in [0.15, 0.2) is 46.9 Å². The molecule has 0 radical (unpaired) electrons. The summed E-state index contributed by atoms with van der Waals surface area (Å²) in [6, 6.07) is 13.6. The molecule has 2 aromatic carbocycles. The number of rotatable bonds is 5. The highest BCUT2D eigenvalue weighted by atomic mass is 16.5. The standard InChI is InChI=1S/C22H22N2O4/c1-3-14-5-7-15(8-6-14)21-23-18-12-17(9-10-19(18)28-21)24-13-16(11-20(24)25)22(26)27-4-2/h5-10,12,16H,3-4,11,13H2,1-2H3. The van der Waals surface area contributed by atoms with Crippen LogP contribution in [0, 0.1) is 5.92 Å². The molecular weight excluding hydrogens is 356 g/mol. The van der Waals surface area contributed by atoms with E-state index >= 15 is 0 Å². The van der Waals surface area contributed by atoms with E-state index in [9.17, 15) is 9.59 Å². The van der Waals surface area contributed by atoms with Crippen LogP contribution in [0.4, 0.5) is 5.69 Å². The molecule has 1 aliphatic rings. The second-order valence-electron chi connectivity index (χ2n) is 6.88. The molecule has 1 atom stereocenters. The van der Waals surface area contributed by atoms with Gasteiger partial charge < -0.3 is 14.1 Å². The van der Waals surface area contributed by atoms with Crippen molar-refractivity contribution in [2.75, 3.05) is 18.1 Å². The van der Waals surface area contributed by atoms with Crippen molar-refractivity contribution in [2.45, 2.75) is 26.7 Å². The average molecular weight is 378 g/mol. The van der Waals surface area contributed by atoms with Crippen molar-refractivity contribution in [1.82, 2.24) is 4.98 Å². The van der Waals surface area contributed by atoms with Crippen molar-refractivity contribution in [3.63, 3.8) is 0 Å². The Balaban J connectivity index is 1.59. The van der Waals surface area contributed by atoms with Gasteiger partial charge in [0.15, 0.2) is 5.58 Å². The number of amides is 1. The Morgan fingerprint density at radius 2 is 2.00 bits per heavy atom. The summed E-state index contributed by atoms with van der Waals surface area (Å²) in [5.74, 6) is -0.282. The van der Waals surface area contributed by atoms with Gasteiger partial charge in [-0.05, 0) is 49.2 Å². The highest BCUT2D eigenvalue weighted by Gasteiger charge is 2.36. The van der Waals surface area contributed by atoms with E-state index in [1.54, 1.807) is 11.8 Å². The van der Waals surface area contributed by atoms with Crippen molar-refractivity contribution in [3.05, 3.63) is 48.0 Å². The SMILES string of the molecule is CCOC(=O)C1CC(=O)N(c2ccc3oc(-c4ccc(CC)cc4)nc3c2)C1. The molecule has 28 heavy (non-hydrogen) atoms. The van der Waals surface area contributed by atoms with Crippen LogP contribution in [0.1, 0.15) is 25.8 Å². The van der Waals surface area contributed by atoms with Crippen molar-refractivity contribution in [3.8, 4) is 11.5 Å². The lowest BCUT2D eigenvalue weighted by molar-refractivity contribution is -0.147. The summed E-state index contributed by atoms with van der Waals surface area (Å²) in [5, 5.41) is 0. The van der Waals surface area contributed by atoms with Crippen LogP contribution in [0.25, 0.3) is 22.6 Å². The molecule has 3 aromatic rings. The van der Waals surface area contributed by atoms with Gasteiger partial charge in [0.25, 0.3) is 0 Å². The zero-order chi connectivity index (χ0) is 19.7. The summed E-state index contributed by atoms with van der Waals surface area (Å²) in [6.07, 6.45) is 1.15. The first-order chi connectivity index (χ1) is 13.6. The Morgan fingerprint density at radius 3 is 2.71 bits per heavy atom. The number of oxazole rings is 1. The summed E-state index contributed by atoms with van der Waals surface area (Å²) in [4.78, 5) is 30.5. The number of esters is 1. The Hall–Kier alpha value is -3.15. The number of anilines is 1. The van der Waals surface area contributed by atoms with Gasteiger partial charge >= 0.3 is 5.97 Å². The third-order valence-corrected chi connectivity index (χ3v) is 5.04. The van der Waals surface area contributed by atoms with Gasteiger partial charge in [-0.25, -0.2) is 4.98 Å². The highest BCUT2D eigenvalue weighted by molar-refractivity contribution is 6.00. The fourth-order valence-electron chi connectivity index (χ4n) is 3.47. The topological polar surface area (TPSA) is 72.6 Å². The molecule has 144 valence electrons. The number of fused-ring (bicyclic) bond motifs is 1. The summed E-state index contributed by atoms with van der Waals surface area (Å²) >= 11 is 0. The first-order valence-corrected chi connectivity index (χ1v) is 9.56. The smallest absolute Gasteiger partial charge is 0.311 e. The van der Waals surface area contributed by atoms with Gasteiger partial charge in [-0.3, -0.25) is 9.59 Å². The molecular formula is C22H22N2O4. The number of ether oxygens (including phenoxy) is 1. The van der Waals surface area contributed by atoms with Crippen molar-refractivity contribution in [2.24, 2.45) is 5.92 Å². The molecule has 0 saturated carbocycles. The minimum absolute atomic E-state index is 0.0868. The van der Waals surface area contributed by atoms with E-state index in [2.05, 4.69) is 24.0 Å². The Bertz CT molecular complexity index is 1020. The molecule has 1 aliphatic heterocycles. The third-order valence-electron chi connectivity index (χ3n) is 5.04. The normalized spacial score (nSPS) is 16.7. The number of hydrogen-bond donors (Lipinski definition) is 0. The van der Waals surface area contributed by atoms with Gasteiger partial charge in [0, 0.05) is 24.2 Å². The second-order valence-corrected chi connectivity index (χ2v) is 6.88. The van der Waals surface area contributed by atoms with Gasteiger partial charge in [0.05, 0.1) is 12.5 Å². The Kier molecular flexibility index (Phi) is 4.86. The predicted octanol–water partition coefficient (Wildman–Crippen LogP) is 3.97. The average Bonchev–Trinajstić information content (AvgIpc) is 3.31. The van der Waals surface area contributed by atoms with Crippen molar-refractivity contribution in [1.29, 1.82) is 0 Å².